The number of carbonyl (C=O) groups excluding carboxylic acids is 2. The SMILES string of the molecule is CS(=O)(=O)[C@H]1C[C@@H]2C(=O)N(Cc3ccccc3)C(=O)[C@@H]21. The lowest BCUT2D eigenvalue weighted by Crippen LogP contribution is -2.47. The molecule has 0 bridgehead atoms. The van der Waals surface area contributed by atoms with Crippen molar-refractivity contribution in [2.24, 2.45) is 11.8 Å². The van der Waals surface area contributed by atoms with Crippen molar-refractivity contribution in [1.82, 2.24) is 4.90 Å². The summed E-state index contributed by atoms with van der Waals surface area (Å²) in [6.07, 6.45) is 1.41. The van der Waals surface area contributed by atoms with Gasteiger partial charge in [0.05, 0.1) is 23.6 Å². The van der Waals surface area contributed by atoms with Crippen LogP contribution in [0.2, 0.25) is 0 Å². The van der Waals surface area contributed by atoms with Gasteiger partial charge >= 0.3 is 0 Å². The molecule has 1 saturated heterocycles. The topological polar surface area (TPSA) is 71.5 Å². The number of carbonyl (C=O) groups is 2. The van der Waals surface area contributed by atoms with Crippen molar-refractivity contribution in [3.05, 3.63) is 35.9 Å². The van der Waals surface area contributed by atoms with Crippen LogP contribution < -0.4 is 0 Å². The number of rotatable bonds is 3. The van der Waals surface area contributed by atoms with Crippen molar-refractivity contribution < 1.29 is 18.0 Å². The van der Waals surface area contributed by atoms with E-state index in [0.29, 0.717) is 0 Å². The summed E-state index contributed by atoms with van der Waals surface area (Å²) in [5.41, 5.74) is 0.867. The van der Waals surface area contributed by atoms with E-state index in [1.807, 2.05) is 30.3 Å². The summed E-state index contributed by atoms with van der Waals surface area (Å²) in [5.74, 6) is -1.68. The number of benzene rings is 1. The van der Waals surface area contributed by atoms with E-state index in [1.165, 1.54) is 4.90 Å². The highest BCUT2D eigenvalue weighted by Gasteiger charge is 2.61. The summed E-state index contributed by atoms with van der Waals surface area (Å²) >= 11 is 0. The van der Waals surface area contributed by atoms with E-state index in [0.717, 1.165) is 11.8 Å². The second kappa shape index (κ2) is 4.41. The Bertz CT molecular complexity index is 668. The maximum absolute atomic E-state index is 12.3. The monoisotopic (exact) mass is 293 g/mol. The number of fused-ring (bicyclic) bond motifs is 1. The Morgan fingerprint density at radius 2 is 1.80 bits per heavy atom. The summed E-state index contributed by atoms with van der Waals surface area (Å²) in [6, 6.07) is 9.23. The summed E-state index contributed by atoms with van der Waals surface area (Å²) in [6.45, 7) is 0.224. The van der Waals surface area contributed by atoms with Gasteiger partial charge in [0.15, 0.2) is 9.84 Å². The van der Waals surface area contributed by atoms with E-state index < -0.39 is 26.9 Å². The van der Waals surface area contributed by atoms with E-state index in [4.69, 9.17) is 0 Å². The van der Waals surface area contributed by atoms with Crippen LogP contribution in [0.1, 0.15) is 12.0 Å². The van der Waals surface area contributed by atoms with Crippen molar-refractivity contribution >= 4 is 21.7 Å². The molecule has 0 radical (unpaired) electrons. The van der Waals surface area contributed by atoms with Gasteiger partial charge in [0.25, 0.3) is 0 Å². The van der Waals surface area contributed by atoms with Crippen LogP contribution in [0.4, 0.5) is 0 Å². The van der Waals surface area contributed by atoms with Crippen molar-refractivity contribution in [2.45, 2.75) is 18.2 Å². The third-order valence-electron chi connectivity index (χ3n) is 4.19. The largest absolute Gasteiger partial charge is 0.278 e. The fraction of sp³-hybridized carbons (Fsp3) is 0.429. The Morgan fingerprint density at radius 3 is 2.40 bits per heavy atom. The average Bonchev–Trinajstić information content (AvgIpc) is 2.48. The molecule has 1 heterocycles. The van der Waals surface area contributed by atoms with E-state index in [2.05, 4.69) is 0 Å². The van der Waals surface area contributed by atoms with Crippen LogP contribution in [0.15, 0.2) is 30.3 Å². The first-order valence-corrected chi connectivity index (χ1v) is 8.43. The zero-order chi connectivity index (χ0) is 14.5. The number of hydrogen-bond donors (Lipinski definition) is 0. The summed E-state index contributed by atoms with van der Waals surface area (Å²) in [7, 11) is -3.27. The number of likely N-dealkylation sites (tertiary alicyclic amines) is 1. The van der Waals surface area contributed by atoms with E-state index in [1.54, 1.807) is 0 Å². The van der Waals surface area contributed by atoms with Gasteiger partial charge in [-0.25, -0.2) is 8.42 Å². The molecule has 1 aromatic rings. The highest BCUT2D eigenvalue weighted by atomic mass is 32.2. The number of nitrogens with zero attached hydrogens (tertiary/aromatic N) is 1. The van der Waals surface area contributed by atoms with Gasteiger partial charge in [-0.15, -0.1) is 0 Å². The zero-order valence-corrected chi connectivity index (χ0v) is 11.8. The predicted molar refractivity (Wildman–Crippen MR) is 72.2 cm³/mol. The Kier molecular flexibility index (Phi) is 2.93. The van der Waals surface area contributed by atoms with Crippen LogP contribution in [0.25, 0.3) is 0 Å². The summed E-state index contributed by atoms with van der Waals surface area (Å²) in [4.78, 5) is 25.6. The van der Waals surface area contributed by atoms with Gasteiger partial charge in [-0.1, -0.05) is 30.3 Å². The molecule has 20 heavy (non-hydrogen) atoms. The lowest BCUT2D eigenvalue weighted by molar-refractivity contribution is -0.140. The number of amides is 2. The molecule has 0 spiro atoms. The number of imide groups is 1. The maximum atomic E-state index is 12.3. The van der Waals surface area contributed by atoms with Gasteiger partial charge in [-0.2, -0.15) is 0 Å². The molecule has 0 aromatic heterocycles. The average molecular weight is 293 g/mol. The second-order valence-corrected chi connectivity index (χ2v) is 7.75. The summed E-state index contributed by atoms with van der Waals surface area (Å²) < 4.78 is 23.2. The van der Waals surface area contributed by atoms with Crippen LogP contribution in [-0.4, -0.2) is 36.6 Å². The van der Waals surface area contributed by atoms with Gasteiger partial charge in [-0.05, 0) is 12.0 Å². The van der Waals surface area contributed by atoms with E-state index >= 15 is 0 Å². The van der Waals surface area contributed by atoms with Crippen LogP contribution in [-0.2, 0) is 26.0 Å². The molecule has 3 rings (SSSR count). The zero-order valence-electron chi connectivity index (χ0n) is 11.0. The fourth-order valence-corrected chi connectivity index (χ4v) is 4.44. The molecular weight excluding hydrogens is 278 g/mol. The van der Waals surface area contributed by atoms with Crippen molar-refractivity contribution in [3.63, 3.8) is 0 Å². The number of sulfone groups is 1. The normalized spacial score (nSPS) is 29.2. The Morgan fingerprint density at radius 1 is 1.15 bits per heavy atom. The maximum Gasteiger partial charge on any atom is 0.234 e. The fourth-order valence-electron chi connectivity index (χ4n) is 3.04. The molecule has 106 valence electrons. The van der Waals surface area contributed by atoms with Crippen LogP contribution >= 0.6 is 0 Å². The molecule has 5 nitrogen and oxygen atoms in total. The van der Waals surface area contributed by atoms with Crippen molar-refractivity contribution in [3.8, 4) is 0 Å². The lowest BCUT2D eigenvalue weighted by atomic mass is 9.75. The van der Waals surface area contributed by atoms with Gasteiger partial charge in [0.2, 0.25) is 11.8 Å². The van der Waals surface area contributed by atoms with Crippen LogP contribution in [0.5, 0.6) is 0 Å². The molecule has 2 aliphatic rings. The Balaban J connectivity index is 1.82. The molecule has 2 fully saturated rings. The molecule has 3 atom stereocenters. The third kappa shape index (κ3) is 1.95. The molecule has 1 aromatic carbocycles. The minimum atomic E-state index is -3.27. The molecule has 1 aliphatic heterocycles. The Hall–Kier alpha value is -1.69. The second-order valence-electron chi connectivity index (χ2n) is 5.48. The standard InChI is InChI=1S/C14H15NO4S/c1-20(18,19)11-7-10-12(11)14(17)15(13(10)16)8-9-5-3-2-4-6-9/h2-6,10-12H,7-8H2,1H3/t10-,11-,12-/m0/s1. The van der Waals surface area contributed by atoms with Crippen LogP contribution in [0.3, 0.4) is 0 Å². The molecule has 6 heteroatoms. The van der Waals surface area contributed by atoms with Crippen molar-refractivity contribution in [1.29, 1.82) is 0 Å². The molecular formula is C14H15NO4S. The Labute approximate surface area is 117 Å². The van der Waals surface area contributed by atoms with E-state index in [-0.39, 0.29) is 24.8 Å². The first-order chi connectivity index (χ1) is 9.39. The van der Waals surface area contributed by atoms with Gasteiger partial charge in [0, 0.05) is 6.26 Å². The van der Waals surface area contributed by atoms with Gasteiger partial charge in [0.1, 0.15) is 0 Å². The molecule has 0 unspecified atom stereocenters. The highest BCUT2D eigenvalue weighted by molar-refractivity contribution is 7.91. The smallest absolute Gasteiger partial charge is 0.234 e. The lowest BCUT2D eigenvalue weighted by Gasteiger charge is -2.34. The van der Waals surface area contributed by atoms with Crippen LogP contribution in [0, 0.1) is 11.8 Å². The van der Waals surface area contributed by atoms with E-state index in [9.17, 15) is 18.0 Å². The molecule has 1 aliphatic carbocycles. The van der Waals surface area contributed by atoms with Gasteiger partial charge < -0.3 is 0 Å². The molecule has 1 saturated carbocycles. The third-order valence-corrected chi connectivity index (χ3v) is 5.77. The number of hydrogen-bond acceptors (Lipinski definition) is 4. The summed E-state index contributed by atoms with van der Waals surface area (Å²) in [5, 5.41) is -0.690. The quantitative estimate of drug-likeness (QED) is 0.765. The minimum absolute atomic E-state index is 0.224. The van der Waals surface area contributed by atoms with Gasteiger partial charge in [-0.3, -0.25) is 14.5 Å². The predicted octanol–water partition coefficient (Wildman–Crippen LogP) is 0.605. The van der Waals surface area contributed by atoms with Crippen molar-refractivity contribution in [2.75, 3.05) is 6.26 Å². The first kappa shape index (κ1) is 13.3. The molecule has 2 amide bonds. The highest BCUT2D eigenvalue weighted by Crippen LogP contribution is 2.46. The molecule has 0 N–H and O–H groups in total. The first-order valence-electron chi connectivity index (χ1n) is 6.47. The minimum Gasteiger partial charge on any atom is -0.278 e.